The molecule has 0 bridgehead atoms. The number of carbonyl (C=O) groups excluding carboxylic acids is 2. The van der Waals surface area contributed by atoms with Crippen molar-refractivity contribution in [2.24, 2.45) is 0 Å². The van der Waals surface area contributed by atoms with E-state index in [-0.39, 0.29) is 30.7 Å². The molecule has 0 aliphatic carbocycles. The van der Waals surface area contributed by atoms with Crippen LogP contribution in [0.4, 0.5) is 10.1 Å². The molecule has 0 spiro atoms. The number of methoxy groups -OCH3 is 1. The summed E-state index contributed by atoms with van der Waals surface area (Å²) < 4.78 is 18.2. The molecule has 0 aromatic heterocycles. The molecule has 0 saturated carbocycles. The number of hydrogen-bond acceptors (Lipinski definition) is 5. The molecular weight excluding hydrogens is 411 g/mol. The number of hydrogen-bond donors (Lipinski definition) is 1. The summed E-state index contributed by atoms with van der Waals surface area (Å²) in [6.07, 6.45) is 0. The number of piperazine rings is 1. The van der Waals surface area contributed by atoms with Crippen molar-refractivity contribution in [2.45, 2.75) is 13.5 Å². The van der Waals surface area contributed by atoms with Crippen LogP contribution in [0.25, 0.3) is 0 Å². The number of nitrogens with zero attached hydrogens (tertiary/aromatic N) is 3. The molecule has 1 fully saturated rings. The third kappa shape index (κ3) is 6.68. The predicted molar refractivity (Wildman–Crippen MR) is 122 cm³/mol. The molecule has 2 aromatic rings. The van der Waals surface area contributed by atoms with Crippen molar-refractivity contribution in [3.05, 3.63) is 59.9 Å². The van der Waals surface area contributed by atoms with Crippen molar-refractivity contribution in [1.29, 1.82) is 0 Å². The Morgan fingerprint density at radius 3 is 2.25 bits per heavy atom. The Labute approximate surface area is 188 Å². The lowest BCUT2D eigenvalue weighted by atomic mass is 10.2. The van der Waals surface area contributed by atoms with Gasteiger partial charge in [0, 0.05) is 38.4 Å². The standard InChI is InChI=1S/C24H31FN4O3/c1-3-27(17-23(30)26-16-19-4-6-20(25)7-5-19)18-24(31)29-14-12-28(13-15-29)21-8-10-22(32-2)11-9-21/h4-11H,3,12-18H2,1-2H3,(H,26,30). The quantitative estimate of drug-likeness (QED) is 0.645. The third-order valence-corrected chi connectivity index (χ3v) is 5.65. The van der Waals surface area contributed by atoms with Gasteiger partial charge in [-0.2, -0.15) is 0 Å². The van der Waals surface area contributed by atoms with Crippen LogP contribution < -0.4 is 15.0 Å². The second-order valence-electron chi connectivity index (χ2n) is 7.77. The molecule has 1 N–H and O–H groups in total. The van der Waals surface area contributed by atoms with Gasteiger partial charge in [0.25, 0.3) is 0 Å². The monoisotopic (exact) mass is 442 g/mol. The SMILES string of the molecule is CCN(CC(=O)NCc1ccc(F)cc1)CC(=O)N1CCN(c2ccc(OC)cc2)CC1. The van der Waals surface area contributed by atoms with E-state index in [4.69, 9.17) is 4.74 Å². The summed E-state index contributed by atoms with van der Waals surface area (Å²) >= 11 is 0. The van der Waals surface area contributed by atoms with E-state index in [1.54, 1.807) is 19.2 Å². The van der Waals surface area contributed by atoms with E-state index in [0.717, 1.165) is 30.1 Å². The number of rotatable bonds is 9. The van der Waals surface area contributed by atoms with Gasteiger partial charge in [-0.15, -0.1) is 0 Å². The van der Waals surface area contributed by atoms with Crippen LogP contribution in [0.2, 0.25) is 0 Å². The number of benzene rings is 2. The van der Waals surface area contributed by atoms with Crippen molar-refractivity contribution in [1.82, 2.24) is 15.1 Å². The van der Waals surface area contributed by atoms with Crippen molar-refractivity contribution in [3.63, 3.8) is 0 Å². The molecule has 0 atom stereocenters. The first-order chi connectivity index (χ1) is 15.5. The minimum Gasteiger partial charge on any atom is -0.497 e. The summed E-state index contributed by atoms with van der Waals surface area (Å²) in [6, 6.07) is 13.9. The molecular formula is C24H31FN4O3. The Morgan fingerprint density at radius 1 is 1.00 bits per heavy atom. The van der Waals surface area contributed by atoms with Crippen LogP contribution in [-0.4, -0.2) is 74.5 Å². The Bertz CT molecular complexity index is 881. The predicted octanol–water partition coefficient (Wildman–Crippen LogP) is 2.12. The fourth-order valence-corrected chi connectivity index (χ4v) is 3.64. The highest BCUT2D eigenvalue weighted by atomic mass is 19.1. The first kappa shape index (κ1) is 23.5. The van der Waals surface area contributed by atoms with E-state index in [0.29, 0.717) is 26.2 Å². The van der Waals surface area contributed by atoms with Crippen molar-refractivity contribution < 1.29 is 18.7 Å². The van der Waals surface area contributed by atoms with E-state index < -0.39 is 0 Å². The summed E-state index contributed by atoms with van der Waals surface area (Å²) in [4.78, 5) is 31.0. The summed E-state index contributed by atoms with van der Waals surface area (Å²) in [5, 5.41) is 2.82. The summed E-state index contributed by atoms with van der Waals surface area (Å²) in [7, 11) is 1.65. The molecule has 32 heavy (non-hydrogen) atoms. The lowest BCUT2D eigenvalue weighted by molar-refractivity contribution is -0.133. The average molecular weight is 443 g/mol. The summed E-state index contributed by atoms with van der Waals surface area (Å²) in [6.45, 7) is 6.06. The van der Waals surface area contributed by atoms with Gasteiger partial charge in [0.2, 0.25) is 11.8 Å². The lowest BCUT2D eigenvalue weighted by Crippen LogP contribution is -2.52. The maximum atomic E-state index is 13.0. The number of anilines is 1. The van der Waals surface area contributed by atoms with E-state index in [1.807, 2.05) is 41.0 Å². The Balaban J connectivity index is 1.42. The fourth-order valence-electron chi connectivity index (χ4n) is 3.64. The number of amides is 2. The Kier molecular flexibility index (Phi) is 8.44. The van der Waals surface area contributed by atoms with Crippen molar-refractivity contribution >= 4 is 17.5 Å². The number of nitrogens with one attached hydrogen (secondary N) is 1. The van der Waals surface area contributed by atoms with Crippen LogP contribution in [0.1, 0.15) is 12.5 Å². The van der Waals surface area contributed by atoms with Crippen LogP contribution in [-0.2, 0) is 16.1 Å². The molecule has 172 valence electrons. The highest BCUT2D eigenvalue weighted by molar-refractivity contribution is 5.81. The molecule has 1 saturated heterocycles. The molecule has 2 aromatic carbocycles. The van der Waals surface area contributed by atoms with Crippen LogP contribution in [0.3, 0.4) is 0 Å². The fraction of sp³-hybridized carbons (Fsp3) is 0.417. The number of halogens is 1. The van der Waals surface area contributed by atoms with Gasteiger partial charge in [0.15, 0.2) is 0 Å². The smallest absolute Gasteiger partial charge is 0.236 e. The van der Waals surface area contributed by atoms with Gasteiger partial charge in [-0.1, -0.05) is 19.1 Å². The zero-order valence-corrected chi connectivity index (χ0v) is 18.7. The first-order valence-corrected chi connectivity index (χ1v) is 10.9. The van der Waals surface area contributed by atoms with Crippen molar-refractivity contribution in [2.75, 3.05) is 57.8 Å². The van der Waals surface area contributed by atoms with Crippen LogP contribution >= 0.6 is 0 Å². The Hall–Kier alpha value is -3.13. The van der Waals surface area contributed by atoms with E-state index in [1.165, 1.54) is 12.1 Å². The normalized spacial score (nSPS) is 13.9. The van der Waals surface area contributed by atoms with E-state index in [2.05, 4.69) is 10.2 Å². The van der Waals surface area contributed by atoms with Crippen LogP contribution in [0, 0.1) is 5.82 Å². The number of ether oxygens (including phenoxy) is 1. The number of likely N-dealkylation sites (N-methyl/N-ethyl adjacent to an activating group) is 1. The van der Waals surface area contributed by atoms with Gasteiger partial charge < -0.3 is 19.9 Å². The average Bonchev–Trinajstić information content (AvgIpc) is 2.83. The molecule has 0 unspecified atom stereocenters. The lowest BCUT2D eigenvalue weighted by Gasteiger charge is -2.37. The molecule has 8 heteroatoms. The maximum Gasteiger partial charge on any atom is 0.236 e. The second kappa shape index (κ2) is 11.5. The molecule has 1 heterocycles. The molecule has 1 aliphatic heterocycles. The molecule has 3 rings (SSSR count). The molecule has 2 amide bonds. The number of carbonyl (C=O) groups is 2. The Morgan fingerprint density at radius 2 is 1.66 bits per heavy atom. The van der Waals surface area contributed by atoms with Crippen molar-refractivity contribution in [3.8, 4) is 5.75 Å². The largest absolute Gasteiger partial charge is 0.497 e. The highest BCUT2D eigenvalue weighted by Gasteiger charge is 2.23. The van der Waals surface area contributed by atoms with E-state index >= 15 is 0 Å². The maximum absolute atomic E-state index is 13.0. The van der Waals surface area contributed by atoms with Gasteiger partial charge in [-0.3, -0.25) is 14.5 Å². The van der Waals surface area contributed by atoms with Gasteiger partial charge in [-0.25, -0.2) is 4.39 Å². The van der Waals surface area contributed by atoms with Gasteiger partial charge in [0.05, 0.1) is 20.2 Å². The summed E-state index contributed by atoms with van der Waals surface area (Å²) in [5.41, 5.74) is 1.94. The molecule has 0 radical (unpaired) electrons. The van der Waals surface area contributed by atoms with Gasteiger partial charge in [-0.05, 0) is 48.5 Å². The van der Waals surface area contributed by atoms with Crippen LogP contribution in [0.5, 0.6) is 5.75 Å². The third-order valence-electron chi connectivity index (χ3n) is 5.65. The topological polar surface area (TPSA) is 65.1 Å². The minimum atomic E-state index is -0.305. The summed E-state index contributed by atoms with van der Waals surface area (Å²) in [5.74, 6) is 0.394. The second-order valence-corrected chi connectivity index (χ2v) is 7.77. The van der Waals surface area contributed by atoms with Gasteiger partial charge >= 0.3 is 0 Å². The molecule has 1 aliphatic rings. The zero-order chi connectivity index (χ0) is 22.9. The molecule has 7 nitrogen and oxygen atoms in total. The highest BCUT2D eigenvalue weighted by Crippen LogP contribution is 2.20. The van der Waals surface area contributed by atoms with Gasteiger partial charge in [0.1, 0.15) is 11.6 Å². The first-order valence-electron chi connectivity index (χ1n) is 10.9. The van der Waals surface area contributed by atoms with Crippen LogP contribution in [0.15, 0.2) is 48.5 Å². The minimum absolute atomic E-state index is 0.0348. The van der Waals surface area contributed by atoms with E-state index in [9.17, 15) is 14.0 Å². The zero-order valence-electron chi connectivity index (χ0n) is 18.7.